The average Bonchev–Trinajstić information content (AvgIpc) is 2.41. The summed E-state index contributed by atoms with van der Waals surface area (Å²) in [7, 11) is 0. The third kappa shape index (κ3) is 4.10. The van der Waals surface area contributed by atoms with Crippen molar-refractivity contribution in [2.75, 3.05) is 5.32 Å². The van der Waals surface area contributed by atoms with Crippen molar-refractivity contribution in [3.63, 3.8) is 0 Å². The third-order valence-electron chi connectivity index (χ3n) is 3.16. The van der Waals surface area contributed by atoms with Gasteiger partial charge < -0.3 is 5.32 Å². The summed E-state index contributed by atoms with van der Waals surface area (Å²) >= 11 is 6.09. The molecule has 0 aliphatic rings. The number of hydrogen-bond acceptors (Lipinski definition) is 1. The van der Waals surface area contributed by atoms with Gasteiger partial charge in [0, 0.05) is 6.42 Å². The number of nitrogens with one attached hydrogen (secondary N) is 1. The van der Waals surface area contributed by atoms with Crippen molar-refractivity contribution in [2.45, 2.75) is 26.7 Å². The Bertz CT molecular complexity index is 605. The molecule has 104 valence electrons. The fourth-order valence-corrected chi connectivity index (χ4v) is 2.23. The van der Waals surface area contributed by atoms with E-state index in [0.29, 0.717) is 17.1 Å². The van der Waals surface area contributed by atoms with E-state index in [9.17, 15) is 4.79 Å². The molecule has 3 heteroatoms. The number of amides is 1. The first-order chi connectivity index (χ1) is 9.54. The van der Waals surface area contributed by atoms with Crippen molar-refractivity contribution in [1.82, 2.24) is 0 Å². The summed E-state index contributed by atoms with van der Waals surface area (Å²) < 4.78 is 0. The van der Waals surface area contributed by atoms with Gasteiger partial charge in [0.15, 0.2) is 0 Å². The van der Waals surface area contributed by atoms with Crippen LogP contribution in [-0.4, -0.2) is 5.91 Å². The molecule has 1 amide bonds. The zero-order valence-electron chi connectivity index (χ0n) is 11.7. The van der Waals surface area contributed by atoms with Crippen LogP contribution in [0, 0.1) is 13.8 Å². The second-order valence-corrected chi connectivity index (χ2v) is 5.42. The SMILES string of the molecule is Cc1ccc(CCC(=O)Nc2ccc(C)cc2Cl)cc1. The van der Waals surface area contributed by atoms with E-state index in [4.69, 9.17) is 11.6 Å². The Labute approximate surface area is 124 Å². The Hall–Kier alpha value is -1.80. The summed E-state index contributed by atoms with van der Waals surface area (Å²) in [6, 6.07) is 13.8. The van der Waals surface area contributed by atoms with Crippen LogP contribution in [0.15, 0.2) is 42.5 Å². The smallest absolute Gasteiger partial charge is 0.224 e. The van der Waals surface area contributed by atoms with E-state index in [1.165, 1.54) is 11.1 Å². The maximum absolute atomic E-state index is 11.9. The molecular weight excluding hydrogens is 270 g/mol. The lowest BCUT2D eigenvalue weighted by molar-refractivity contribution is -0.116. The molecule has 0 radical (unpaired) electrons. The van der Waals surface area contributed by atoms with Crippen LogP contribution in [-0.2, 0) is 11.2 Å². The summed E-state index contributed by atoms with van der Waals surface area (Å²) in [4.78, 5) is 11.9. The first-order valence-electron chi connectivity index (χ1n) is 6.66. The summed E-state index contributed by atoms with van der Waals surface area (Å²) in [5, 5.41) is 3.43. The fraction of sp³-hybridized carbons (Fsp3) is 0.235. The van der Waals surface area contributed by atoms with E-state index in [2.05, 4.69) is 36.5 Å². The van der Waals surface area contributed by atoms with Crippen molar-refractivity contribution in [3.8, 4) is 0 Å². The highest BCUT2D eigenvalue weighted by atomic mass is 35.5. The van der Waals surface area contributed by atoms with Gasteiger partial charge in [-0.1, -0.05) is 47.5 Å². The Morgan fingerprint density at radius 1 is 1.05 bits per heavy atom. The second-order valence-electron chi connectivity index (χ2n) is 5.02. The highest BCUT2D eigenvalue weighted by molar-refractivity contribution is 6.33. The number of benzene rings is 2. The standard InChI is InChI=1S/C17H18ClNO/c1-12-3-6-14(7-4-12)8-10-17(20)19-16-9-5-13(2)11-15(16)18/h3-7,9,11H,8,10H2,1-2H3,(H,19,20). The lowest BCUT2D eigenvalue weighted by atomic mass is 10.1. The molecule has 0 aliphatic carbocycles. The number of halogens is 1. The Balaban J connectivity index is 1.90. The molecule has 0 heterocycles. The van der Waals surface area contributed by atoms with E-state index in [0.717, 1.165) is 12.0 Å². The summed E-state index contributed by atoms with van der Waals surface area (Å²) in [6.07, 6.45) is 1.18. The van der Waals surface area contributed by atoms with Crippen LogP contribution >= 0.6 is 11.6 Å². The number of carbonyl (C=O) groups excluding carboxylic acids is 1. The first kappa shape index (κ1) is 14.6. The predicted molar refractivity (Wildman–Crippen MR) is 84.3 cm³/mol. The van der Waals surface area contributed by atoms with E-state index < -0.39 is 0 Å². The zero-order valence-corrected chi connectivity index (χ0v) is 12.5. The van der Waals surface area contributed by atoms with Crippen molar-refractivity contribution >= 4 is 23.2 Å². The summed E-state index contributed by atoms with van der Waals surface area (Å²) in [5.74, 6) is -0.0173. The highest BCUT2D eigenvalue weighted by Gasteiger charge is 2.06. The normalized spacial score (nSPS) is 10.3. The molecule has 2 nitrogen and oxygen atoms in total. The van der Waals surface area contributed by atoms with E-state index in [-0.39, 0.29) is 5.91 Å². The van der Waals surface area contributed by atoms with E-state index >= 15 is 0 Å². The molecule has 1 N–H and O–H groups in total. The van der Waals surface area contributed by atoms with Crippen LogP contribution in [0.1, 0.15) is 23.1 Å². The molecule has 2 aromatic carbocycles. The van der Waals surface area contributed by atoms with Crippen molar-refractivity contribution in [2.24, 2.45) is 0 Å². The lowest BCUT2D eigenvalue weighted by Gasteiger charge is -2.08. The molecule has 0 spiro atoms. The van der Waals surface area contributed by atoms with E-state index in [1.54, 1.807) is 0 Å². The fourth-order valence-electron chi connectivity index (χ4n) is 1.95. The molecule has 0 aliphatic heterocycles. The van der Waals surface area contributed by atoms with Crippen LogP contribution in [0.3, 0.4) is 0 Å². The highest BCUT2D eigenvalue weighted by Crippen LogP contribution is 2.22. The Morgan fingerprint density at radius 3 is 2.35 bits per heavy atom. The van der Waals surface area contributed by atoms with Crippen molar-refractivity contribution in [1.29, 1.82) is 0 Å². The van der Waals surface area contributed by atoms with Gasteiger partial charge in [-0.05, 0) is 43.5 Å². The van der Waals surface area contributed by atoms with Gasteiger partial charge in [0.25, 0.3) is 0 Å². The molecule has 0 fully saturated rings. The van der Waals surface area contributed by atoms with Crippen molar-refractivity contribution < 1.29 is 4.79 Å². The summed E-state index contributed by atoms with van der Waals surface area (Å²) in [5.41, 5.74) is 4.14. The minimum Gasteiger partial charge on any atom is -0.325 e. The minimum atomic E-state index is -0.0173. The number of rotatable bonds is 4. The van der Waals surface area contributed by atoms with Crippen LogP contribution in [0.25, 0.3) is 0 Å². The molecule has 0 saturated carbocycles. The summed E-state index contributed by atoms with van der Waals surface area (Å²) in [6.45, 7) is 4.02. The van der Waals surface area contributed by atoms with Gasteiger partial charge in [0.2, 0.25) is 5.91 Å². The number of hydrogen-bond donors (Lipinski definition) is 1. The minimum absolute atomic E-state index is 0.0173. The van der Waals surface area contributed by atoms with Gasteiger partial charge in [-0.15, -0.1) is 0 Å². The van der Waals surface area contributed by atoms with Crippen LogP contribution in [0.5, 0.6) is 0 Å². The van der Waals surface area contributed by atoms with Crippen LogP contribution in [0.2, 0.25) is 5.02 Å². The number of aryl methyl sites for hydroxylation is 3. The van der Waals surface area contributed by atoms with Crippen LogP contribution in [0.4, 0.5) is 5.69 Å². The second kappa shape index (κ2) is 6.58. The molecule has 20 heavy (non-hydrogen) atoms. The largest absolute Gasteiger partial charge is 0.325 e. The Kier molecular flexibility index (Phi) is 4.80. The molecule has 0 aromatic heterocycles. The number of carbonyl (C=O) groups is 1. The van der Waals surface area contributed by atoms with Gasteiger partial charge in [-0.3, -0.25) is 4.79 Å². The van der Waals surface area contributed by atoms with Gasteiger partial charge in [-0.25, -0.2) is 0 Å². The van der Waals surface area contributed by atoms with Gasteiger partial charge in [-0.2, -0.15) is 0 Å². The molecular formula is C17H18ClNO. The monoisotopic (exact) mass is 287 g/mol. The molecule has 2 rings (SSSR count). The number of anilines is 1. The molecule has 0 atom stereocenters. The molecule has 0 unspecified atom stereocenters. The molecule has 2 aromatic rings. The average molecular weight is 288 g/mol. The first-order valence-corrected chi connectivity index (χ1v) is 7.04. The topological polar surface area (TPSA) is 29.1 Å². The molecule has 0 saturated heterocycles. The zero-order chi connectivity index (χ0) is 14.5. The van der Waals surface area contributed by atoms with Crippen molar-refractivity contribution in [3.05, 3.63) is 64.2 Å². The van der Waals surface area contributed by atoms with Gasteiger partial charge in [0.05, 0.1) is 10.7 Å². The maximum atomic E-state index is 11.9. The van der Waals surface area contributed by atoms with Gasteiger partial charge >= 0.3 is 0 Å². The maximum Gasteiger partial charge on any atom is 0.224 e. The quantitative estimate of drug-likeness (QED) is 0.879. The van der Waals surface area contributed by atoms with E-state index in [1.807, 2.05) is 25.1 Å². The third-order valence-corrected chi connectivity index (χ3v) is 3.47. The van der Waals surface area contributed by atoms with Crippen LogP contribution < -0.4 is 5.32 Å². The molecule has 0 bridgehead atoms. The predicted octanol–water partition coefficient (Wildman–Crippen LogP) is 4.53. The lowest BCUT2D eigenvalue weighted by Crippen LogP contribution is -2.12. The van der Waals surface area contributed by atoms with Gasteiger partial charge in [0.1, 0.15) is 0 Å². The Morgan fingerprint density at radius 2 is 1.70 bits per heavy atom.